The molecule has 33 heavy (non-hydrogen) atoms. The number of anilines is 1. The second-order valence-electron chi connectivity index (χ2n) is 6.64. The summed E-state index contributed by atoms with van der Waals surface area (Å²) in [6, 6.07) is 13.0. The molecule has 0 radical (unpaired) electrons. The number of hydrogen-bond donors (Lipinski definition) is 2. The first-order chi connectivity index (χ1) is 15.9. The number of carbonyl (C=O) groups excluding carboxylic acids is 2. The van der Waals surface area contributed by atoms with Crippen molar-refractivity contribution < 1.29 is 32.2 Å². The van der Waals surface area contributed by atoms with Gasteiger partial charge in [-0.3, -0.25) is 9.59 Å². The van der Waals surface area contributed by atoms with E-state index in [4.69, 9.17) is 19.5 Å². The normalized spacial score (nSPS) is 12.8. The number of carbonyl (C=O) groups is 2. The van der Waals surface area contributed by atoms with Crippen LogP contribution in [0.2, 0.25) is 0 Å². The Morgan fingerprint density at radius 1 is 1.12 bits per heavy atom. The molecule has 0 unspecified atom stereocenters. The number of hydrogen-bond acceptors (Lipinski definition) is 9. The molecular weight excluding hydrogens is 470 g/mol. The van der Waals surface area contributed by atoms with E-state index in [-0.39, 0.29) is 10.6 Å². The van der Waals surface area contributed by atoms with Crippen molar-refractivity contribution in [3.05, 3.63) is 42.5 Å². The van der Waals surface area contributed by atoms with Crippen LogP contribution in [0.25, 0.3) is 0 Å². The van der Waals surface area contributed by atoms with Gasteiger partial charge in [0.05, 0.1) is 35.6 Å². The van der Waals surface area contributed by atoms with Crippen molar-refractivity contribution in [2.45, 2.75) is 16.2 Å². The molecule has 0 saturated carbocycles. The molecule has 10 nitrogen and oxygen atoms in total. The van der Waals surface area contributed by atoms with E-state index in [1.165, 1.54) is 30.0 Å². The average molecular weight is 492 g/mol. The molecule has 12 heteroatoms. The first-order valence-electron chi connectivity index (χ1n) is 9.82. The summed E-state index contributed by atoms with van der Waals surface area (Å²) in [5.74, 6) is -0.549. The van der Waals surface area contributed by atoms with Crippen molar-refractivity contribution in [2.75, 3.05) is 37.4 Å². The number of nitriles is 1. The van der Waals surface area contributed by atoms with Crippen molar-refractivity contribution in [3.63, 3.8) is 0 Å². The molecule has 0 aromatic heterocycles. The Morgan fingerprint density at radius 2 is 1.88 bits per heavy atom. The molecule has 174 valence electrons. The third-order valence-corrected chi connectivity index (χ3v) is 6.59. The van der Waals surface area contributed by atoms with Crippen LogP contribution in [0.4, 0.5) is 5.69 Å². The van der Waals surface area contributed by atoms with Crippen LogP contribution in [0, 0.1) is 11.3 Å². The number of esters is 1. The maximum absolute atomic E-state index is 12.5. The molecule has 1 amide bonds. The first-order valence-corrected chi connectivity index (χ1v) is 12.3. The largest absolute Gasteiger partial charge is 0.490 e. The summed E-state index contributed by atoms with van der Waals surface area (Å²) in [5, 5.41) is 11.3. The molecule has 2 N–H and O–H groups in total. The van der Waals surface area contributed by atoms with Crippen LogP contribution in [0.3, 0.4) is 0 Å². The Kier molecular flexibility index (Phi) is 8.53. The lowest BCUT2D eigenvalue weighted by molar-refractivity contribution is -0.146. The lowest BCUT2D eigenvalue weighted by atomic mass is 10.3. The molecule has 0 saturated heterocycles. The number of para-hydroxylation sites is 1. The van der Waals surface area contributed by atoms with E-state index in [0.29, 0.717) is 41.7 Å². The predicted molar refractivity (Wildman–Crippen MR) is 120 cm³/mol. The van der Waals surface area contributed by atoms with Crippen LogP contribution in [-0.2, 0) is 24.3 Å². The van der Waals surface area contributed by atoms with Crippen LogP contribution in [-0.4, -0.2) is 52.4 Å². The van der Waals surface area contributed by atoms with Gasteiger partial charge in [0.15, 0.2) is 18.1 Å². The van der Waals surface area contributed by atoms with Gasteiger partial charge in [-0.2, -0.15) is 9.98 Å². The maximum atomic E-state index is 12.5. The van der Waals surface area contributed by atoms with Gasteiger partial charge >= 0.3 is 5.97 Å². The zero-order valence-corrected chi connectivity index (χ0v) is 19.0. The number of nitrogens with one attached hydrogen (secondary N) is 2. The average Bonchev–Trinajstić information content (AvgIpc) is 3.06. The van der Waals surface area contributed by atoms with E-state index < -0.39 is 35.1 Å². The highest BCUT2D eigenvalue weighted by Gasteiger charge is 2.20. The van der Waals surface area contributed by atoms with Crippen LogP contribution < -0.4 is 19.5 Å². The van der Waals surface area contributed by atoms with Gasteiger partial charge in [0.25, 0.3) is 5.91 Å². The SMILES string of the molecule is N#CCSc1ccccc1NC(=O)COC(=O)CNS(=O)(=O)c1ccc2c(c1)OCCCO2. The summed E-state index contributed by atoms with van der Waals surface area (Å²) in [4.78, 5) is 24.7. The van der Waals surface area contributed by atoms with E-state index in [2.05, 4.69) is 10.0 Å². The summed E-state index contributed by atoms with van der Waals surface area (Å²) in [6.07, 6.45) is 0.679. The quantitative estimate of drug-likeness (QED) is 0.397. The molecule has 0 atom stereocenters. The van der Waals surface area contributed by atoms with Crippen molar-refractivity contribution in [1.82, 2.24) is 4.72 Å². The van der Waals surface area contributed by atoms with Gasteiger partial charge in [-0.15, -0.1) is 11.8 Å². The van der Waals surface area contributed by atoms with Gasteiger partial charge in [0, 0.05) is 17.4 Å². The van der Waals surface area contributed by atoms with Gasteiger partial charge < -0.3 is 19.5 Å². The molecule has 2 aromatic rings. The second-order valence-corrected chi connectivity index (χ2v) is 9.42. The lowest BCUT2D eigenvalue weighted by Gasteiger charge is -2.11. The fourth-order valence-corrected chi connectivity index (χ4v) is 4.39. The Hall–Kier alpha value is -3.27. The minimum absolute atomic E-state index is 0.0937. The number of rotatable bonds is 9. The highest BCUT2D eigenvalue weighted by Crippen LogP contribution is 2.31. The van der Waals surface area contributed by atoms with E-state index >= 15 is 0 Å². The third-order valence-electron chi connectivity index (χ3n) is 4.25. The summed E-state index contributed by atoms with van der Waals surface area (Å²) < 4.78 is 42.9. The minimum atomic E-state index is -4.02. The Bertz CT molecular complexity index is 1160. The van der Waals surface area contributed by atoms with Crippen molar-refractivity contribution in [2.24, 2.45) is 0 Å². The van der Waals surface area contributed by atoms with Gasteiger partial charge in [-0.25, -0.2) is 8.42 Å². The van der Waals surface area contributed by atoms with Gasteiger partial charge in [0.1, 0.15) is 6.54 Å². The maximum Gasteiger partial charge on any atom is 0.321 e. The number of amides is 1. The Morgan fingerprint density at radius 3 is 2.67 bits per heavy atom. The standard InChI is InChI=1S/C21H21N3O7S2/c22-8-11-32-19-5-2-1-4-16(19)24-20(25)14-31-21(26)13-23-33(27,28)15-6-7-17-18(12-15)30-10-3-9-29-17/h1-2,4-7,12,23H,3,9-11,13-14H2,(H,24,25). The second kappa shape index (κ2) is 11.6. The van der Waals surface area contributed by atoms with Crippen LogP contribution in [0.1, 0.15) is 6.42 Å². The van der Waals surface area contributed by atoms with E-state index in [1.54, 1.807) is 24.3 Å². The highest BCUT2D eigenvalue weighted by molar-refractivity contribution is 7.99. The fraction of sp³-hybridized carbons (Fsp3) is 0.286. The number of ether oxygens (including phenoxy) is 3. The van der Waals surface area contributed by atoms with Gasteiger partial charge in [0.2, 0.25) is 10.0 Å². The zero-order valence-electron chi connectivity index (χ0n) is 17.4. The van der Waals surface area contributed by atoms with Crippen LogP contribution in [0.15, 0.2) is 52.3 Å². The number of fused-ring (bicyclic) bond motifs is 1. The molecule has 0 spiro atoms. The molecule has 1 heterocycles. The van der Waals surface area contributed by atoms with Crippen molar-refractivity contribution in [1.29, 1.82) is 5.26 Å². The van der Waals surface area contributed by atoms with Crippen molar-refractivity contribution in [3.8, 4) is 17.6 Å². The molecular formula is C21H21N3O7S2. The smallest absolute Gasteiger partial charge is 0.321 e. The Labute approximate surface area is 195 Å². The number of benzene rings is 2. The molecule has 1 aliphatic rings. The summed E-state index contributed by atoms with van der Waals surface area (Å²) in [6.45, 7) is -0.374. The summed E-state index contributed by atoms with van der Waals surface area (Å²) in [7, 11) is -4.02. The number of sulfonamides is 1. The third kappa shape index (κ3) is 7.11. The molecule has 2 aromatic carbocycles. The summed E-state index contributed by atoms with van der Waals surface area (Å²) >= 11 is 1.25. The van der Waals surface area contributed by atoms with E-state index in [0.717, 1.165) is 0 Å². The van der Waals surface area contributed by atoms with Gasteiger partial charge in [-0.1, -0.05) is 12.1 Å². The highest BCUT2D eigenvalue weighted by atomic mass is 32.2. The van der Waals surface area contributed by atoms with E-state index in [9.17, 15) is 18.0 Å². The summed E-state index contributed by atoms with van der Waals surface area (Å²) in [5.41, 5.74) is 0.480. The minimum Gasteiger partial charge on any atom is -0.490 e. The Balaban J connectivity index is 1.50. The zero-order chi connectivity index (χ0) is 23.7. The molecule has 3 rings (SSSR count). The van der Waals surface area contributed by atoms with Gasteiger partial charge in [-0.05, 0) is 24.3 Å². The van der Waals surface area contributed by atoms with Crippen LogP contribution in [0.5, 0.6) is 11.5 Å². The molecule has 0 bridgehead atoms. The topological polar surface area (TPSA) is 144 Å². The predicted octanol–water partition coefficient (Wildman–Crippen LogP) is 1.92. The molecule has 0 aliphatic carbocycles. The van der Waals surface area contributed by atoms with Crippen LogP contribution >= 0.6 is 11.8 Å². The lowest BCUT2D eigenvalue weighted by Crippen LogP contribution is -2.32. The fourth-order valence-electron chi connectivity index (χ4n) is 2.74. The van der Waals surface area contributed by atoms with Crippen molar-refractivity contribution >= 4 is 39.3 Å². The van der Waals surface area contributed by atoms with E-state index in [1.807, 2.05) is 6.07 Å². The molecule has 1 aliphatic heterocycles. The number of nitrogens with zero attached hydrogens (tertiary/aromatic N) is 1. The first kappa shape index (κ1) is 24.4. The number of thioether (sulfide) groups is 1. The molecule has 0 fully saturated rings. The monoisotopic (exact) mass is 491 g/mol.